The summed E-state index contributed by atoms with van der Waals surface area (Å²) < 4.78 is 27.0. The van der Waals surface area contributed by atoms with Crippen molar-refractivity contribution in [3.63, 3.8) is 0 Å². The first-order valence-electron chi connectivity index (χ1n) is 8.98. The van der Waals surface area contributed by atoms with Crippen LogP contribution in [-0.2, 0) is 10.0 Å². The summed E-state index contributed by atoms with van der Waals surface area (Å²) in [5, 5.41) is 11.8. The molecule has 0 fully saturated rings. The van der Waals surface area contributed by atoms with Crippen LogP contribution < -0.4 is 10.0 Å². The zero-order valence-corrected chi connectivity index (χ0v) is 18.5. The van der Waals surface area contributed by atoms with E-state index in [9.17, 15) is 23.1 Å². The van der Waals surface area contributed by atoms with E-state index in [1.54, 1.807) is 13.0 Å². The number of sulfonamides is 1. The monoisotopic (exact) mass is 438 g/mol. The molecule has 0 aliphatic carbocycles. The maximum atomic E-state index is 12.5. The fraction of sp³-hybridized carbons (Fsp3) is 0.300. The fourth-order valence-corrected chi connectivity index (χ4v) is 3.82. The number of hydrogen-bond donors (Lipinski definition) is 3. The Hall–Kier alpha value is -2.36. The Labute approximate surface area is 176 Å². The van der Waals surface area contributed by atoms with Crippen molar-refractivity contribution in [1.82, 2.24) is 4.72 Å². The number of thioether (sulfide) groups is 1. The number of benzene rings is 2. The average molecular weight is 439 g/mol. The Morgan fingerprint density at radius 2 is 1.79 bits per heavy atom. The first kappa shape index (κ1) is 24.7. The summed E-state index contributed by atoms with van der Waals surface area (Å²) >= 11 is 1.51. The van der Waals surface area contributed by atoms with Crippen LogP contribution in [0.2, 0.25) is 0 Å². The highest BCUT2D eigenvalue weighted by Gasteiger charge is 2.17. The van der Waals surface area contributed by atoms with Gasteiger partial charge >= 0.3 is 5.97 Å². The molecule has 0 aliphatic rings. The summed E-state index contributed by atoms with van der Waals surface area (Å²) in [4.78, 5) is 23.8. The van der Waals surface area contributed by atoms with E-state index in [0.717, 1.165) is 5.56 Å². The highest BCUT2D eigenvalue weighted by molar-refractivity contribution is 7.98. The molecule has 0 heterocycles. The summed E-state index contributed by atoms with van der Waals surface area (Å²) in [7, 11) is -3.73. The van der Waals surface area contributed by atoms with Crippen molar-refractivity contribution in [1.29, 1.82) is 0 Å². The lowest BCUT2D eigenvalue weighted by molar-refractivity contribution is 0.0698. The molecule has 29 heavy (non-hydrogen) atoms. The number of carbonyl (C=O) groups excluding carboxylic acids is 1. The minimum atomic E-state index is -3.73. The van der Waals surface area contributed by atoms with E-state index in [4.69, 9.17) is 0 Å². The lowest BCUT2D eigenvalue weighted by atomic mass is 10.1. The van der Waals surface area contributed by atoms with Crippen LogP contribution in [0.15, 0.2) is 47.4 Å². The van der Waals surface area contributed by atoms with Crippen molar-refractivity contribution in [3.05, 3.63) is 59.2 Å². The van der Waals surface area contributed by atoms with Crippen molar-refractivity contribution >= 4 is 39.3 Å². The molecule has 0 aromatic heterocycles. The van der Waals surface area contributed by atoms with E-state index in [0.29, 0.717) is 5.75 Å². The van der Waals surface area contributed by atoms with Gasteiger partial charge in [0.25, 0.3) is 5.91 Å². The van der Waals surface area contributed by atoms with Crippen molar-refractivity contribution in [2.45, 2.75) is 25.7 Å². The lowest BCUT2D eigenvalue weighted by Gasteiger charge is -2.11. The maximum absolute atomic E-state index is 12.5. The molecule has 0 radical (unpaired) electrons. The number of carboxylic acid groups (broad SMARTS) is 1. The Kier molecular flexibility index (Phi) is 9.87. The summed E-state index contributed by atoms with van der Waals surface area (Å²) in [6.45, 7) is 6.03. The van der Waals surface area contributed by atoms with Crippen LogP contribution in [0.5, 0.6) is 0 Å². The number of aryl methyl sites for hydroxylation is 1. The van der Waals surface area contributed by atoms with Crippen LogP contribution in [0.1, 0.15) is 40.1 Å². The number of carbonyl (C=O) groups is 2. The highest BCUT2D eigenvalue weighted by atomic mass is 32.2. The normalized spacial score (nSPS) is 10.6. The second-order valence-electron chi connectivity index (χ2n) is 5.73. The van der Waals surface area contributed by atoms with Crippen molar-refractivity contribution in [2.24, 2.45) is 0 Å². The molecule has 0 aliphatic heterocycles. The van der Waals surface area contributed by atoms with Crippen LogP contribution in [0.4, 0.5) is 5.69 Å². The van der Waals surface area contributed by atoms with Gasteiger partial charge in [-0.2, -0.15) is 11.8 Å². The Bertz CT molecular complexity index is 959. The maximum Gasteiger partial charge on any atom is 0.337 e. The standard InChI is InChI=1S/C18H20N2O5S2.C2H6/c1-12-6-7-16(15(10-12)18(22)23)20-17(21)13-4-3-5-14(11-13)27(24,25)19-8-9-26-2;1-2/h3-7,10-11,19H,8-9H2,1-2H3,(H,20,21)(H,22,23);1-2H3. The molecule has 0 atom stereocenters. The molecule has 158 valence electrons. The van der Waals surface area contributed by atoms with E-state index in [-0.39, 0.29) is 28.3 Å². The number of rotatable bonds is 8. The van der Waals surface area contributed by atoms with Gasteiger partial charge in [0, 0.05) is 17.9 Å². The molecule has 3 N–H and O–H groups in total. The van der Waals surface area contributed by atoms with E-state index >= 15 is 0 Å². The van der Waals surface area contributed by atoms with Gasteiger partial charge in [0.15, 0.2) is 0 Å². The van der Waals surface area contributed by atoms with Gasteiger partial charge in [-0.15, -0.1) is 0 Å². The largest absolute Gasteiger partial charge is 0.478 e. The van der Waals surface area contributed by atoms with Crippen LogP contribution in [0.25, 0.3) is 0 Å². The van der Waals surface area contributed by atoms with Gasteiger partial charge < -0.3 is 10.4 Å². The van der Waals surface area contributed by atoms with Gasteiger partial charge in [0.05, 0.1) is 16.1 Å². The molecule has 1 amide bonds. The molecular weight excluding hydrogens is 412 g/mol. The highest BCUT2D eigenvalue weighted by Crippen LogP contribution is 2.19. The number of carboxylic acids is 1. The van der Waals surface area contributed by atoms with E-state index in [1.807, 2.05) is 20.1 Å². The quantitative estimate of drug-likeness (QED) is 0.543. The second kappa shape index (κ2) is 11.6. The predicted molar refractivity (Wildman–Crippen MR) is 117 cm³/mol. The van der Waals surface area contributed by atoms with Gasteiger partial charge in [-0.05, 0) is 43.5 Å². The molecule has 0 saturated carbocycles. The van der Waals surface area contributed by atoms with Crippen LogP contribution in [-0.4, -0.2) is 44.0 Å². The number of amides is 1. The lowest BCUT2D eigenvalue weighted by Crippen LogP contribution is -2.26. The second-order valence-corrected chi connectivity index (χ2v) is 8.48. The van der Waals surface area contributed by atoms with Crippen molar-refractivity contribution in [3.8, 4) is 0 Å². The fourth-order valence-electron chi connectivity index (χ4n) is 2.30. The van der Waals surface area contributed by atoms with E-state index in [2.05, 4.69) is 10.0 Å². The Morgan fingerprint density at radius 3 is 2.41 bits per heavy atom. The third-order valence-corrected chi connectivity index (χ3v) is 5.73. The van der Waals surface area contributed by atoms with Crippen molar-refractivity contribution < 1.29 is 23.1 Å². The average Bonchev–Trinajstić information content (AvgIpc) is 2.71. The molecule has 9 heteroatoms. The molecular formula is C20H26N2O5S2. The van der Waals surface area contributed by atoms with Gasteiger partial charge in [-0.25, -0.2) is 17.9 Å². The third-order valence-electron chi connectivity index (χ3n) is 3.66. The molecule has 0 bridgehead atoms. The first-order valence-corrected chi connectivity index (χ1v) is 11.9. The van der Waals surface area contributed by atoms with E-state index < -0.39 is 21.9 Å². The zero-order valence-electron chi connectivity index (χ0n) is 16.9. The molecule has 0 unspecified atom stereocenters. The number of aromatic carboxylic acids is 1. The number of hydrogen-bond acceptors (Lipinski definition) is 5. The smallest absolute Gasteiger partial charge is 0.337 e. The molecule has 0 saturated heterocycles. The minimum Gasteiger partial charge on any atom is -0.478 e. The Balaban J connectivity index is 0.00000204. The number of anilines is 1. The minimum absolute atomic E-state index is 0.0291. The molecule has 2 aromatic carbocycles. The van der Waals surface area contributed by atoms with Crippen molar-refractivity contribution in [2.75, 3.05) is 23.9 Å². The zero-order chi connectivity index (χ0) is 22.0. The predicted octanol–water partition coefficient (Wildman–Crippen LogP) is 3.61. The van der Waals surface area contributed by atoms with Gasteiger partial charge in [0.2, 0.25) is 10.0 Å². The van der Waals surface area contributed by atoms with Crippen LogP contribution in [0.3, 0.4) is 0 Å². The van der Waals surface area contributed by atoms with Crippen LogP contribution in [0, 0.1) is 6.92 Å². The SMILES string of the molecule is CC.CSCCNS(=O)(=O)c1cccc(C(=O)Nc2ccc(C)cc2C(=O)O)c1. The van der Waals surface area contributed by atoms with Gasteiger partial charge in [0.1, 0.15) is 0 Å². The summed E-state index contributed by atoms with van der Waals surface area (Å²) in [6.07, 6.45) is 1.87. The van der Waals surface area contributed by atoms with Gasteiger partial charge in [-0.1, -0.05) is 31.5 Å². The van der Waals surface area contributed by atoms with E-state index in [1.165, 1.54) is 48.2 Å². The molecule has 2 rings (SSSR count). The third kappa shape index (κ3) is 7.19. The van der Waals surface area contributed by atoms with Crippen LogP contribution >= 0.6 is 11.8 Å². The first-order chi connectivity index (χ1) is 13.7. The molecule has 0 spiro atoms. The van der Waals surface area contributed by atoms with Gasteiger partial charge in [-0.3, -0.25) is 4.79 Å². The topological polar surface area (TPSA) is 113 Å². The summed E-state index contributed by atoms with van der Waals surface area (Å²) in [6, 6.07) is 10.2. The Morgan fingerprint density at radius 1 is 1.10 bits per heavy atom. The summed E-state index contributed by atoms with van der Waals surface area (Å²) in [5.74, 6) is -1.13. The summed E-state index contributed by atoms with van der Waals surface area (Å²) in [5.41, 5.74) is 0.963. The molecule has 7 nitrogen and oxygen atoms in total. The molecule has 2 aromatic rings. The number of nitrogens with one attached hydrogen (secondary N) is 2.